The Labute approximate surface area is 113 Å². The Balaban J connectivity index is 1.88. The molecule has 0 saturated carbocycles. The first kappa shape index (κ1) is 12.0. The summed E-state index contributed by atoms with van der Waals surface area (Å²) in [4.78, 5) is 14.0. The summed E-state index contributed by atoms with van der Waals surface area (Å²) in [5.74, 6) is 0.152. The molecule has 0 atom stereocenters. The summed E-state index contributed by atoms with van der Waals surface area (Å²) in [6.07, 6.45) is 1.13. The summed E-state index contributed by atoms with van der Waals surface area (Å²) in [5.41, 5.74) is 4.31. The highest BCUT2D eigenvalue weighted by Crippen LogP contribution is 2.18. The SMILES string of the molecule is Cc1ccc(C)n1-c1ccc(C(=O)N2CCC2)cc1. The first-order valence-electron chi connectivity index (χ1n) is 6.71. The van der Waals surface area contributed by atoms with Gasteiger partial charge < -0.3 is 9.47 Å². The highest BCUT2D eigenvalue weighted by Gasteiger charge is 2.21. The maximum atomic E-state index is 12.1. The fourth-order valence-electron chi connectivity index (χ4n) is 2.53. The van der Waals surface area contributed by atoms with Gasteiger partial charge in [-0.2, -0.15) is 0 Å². The highest BCUT2D eigenvalue weighted by molar-refractivity contribution is 5.94. The van der Waals surface area contributed by atoms with E-state index in [1.165, 1.54) is 11.4 Å². The van der Waals surface area contributed by atoms with E-state index in [2.05, 4.69) is 30.5 Å². The minimum Gasteiger partial charge on any atom is -0.339 e. The number of carbonyl (C=O) groups excluding carboxylic acids is 1. The predicted molar refractivity (Wildman–Crippen MR) is 75.8 cm³/mol. The van der Waals surface area contributed by atoms with E-state index < -0.39 is 0 Å². The maximum Gasteiger partial charge on any atom is 0.253 e. The van der Waals surface area contributed by atoms with Crippen molar-refractivity contribution >= 4 is 5.91 Å². The molecule has 0 aliphatic carbocycles. The molecule has 0 N–H and O–H groups in total. The molecule has 19 heavy (non-hydrogen) atoms. The molecule has 0 radical (unpaired) electrons. The molecule has 98 valence electrons. The second kappa shape index (κ2) is 4.57. The zero-order valence-electron chi connectivity index (χ0n) is 11.4. The van der Waals surface area contributed by atoms with Crippen LogP contribution in [0.5, 0.6) is 0 Å². The largest absolute Gasteiger partial charge is 0.339 e. The predicted octanol–water partition coefficient (Wildman–Crippen LogP) is 2.94. The Morgan fingerprint density at radius 1 is 0.947 bits per heavy atom. The molecular formula is C16H18N2O. The minimum absolute atomic E-state index is 0.152. The van der Waals surface area contributed by atoms with Crippen LogP contribution in [0.4, 0.5) is 0 Å². The van der Waals surface area contributed by atoms with E-state index in [9.17, 15) is 4.79 Å². The Kier molecular flexibility index (Phi) is 2.90. The van der Waals surface area contributed by atoms with Gasteiger partial charge in [-0.1, -0.05) is 0 Å². The summed E-state index contributed by atoms with van der Waals surface area (Å²) in [6, 6.07) is 12.1. The van der Waals surface area contributed by atoms with Gasteiger partial charge in [-0.15, -0.1) is 0 Å². The highest BCUT2D eigenvalue weighted by atomic mass is 16.2. The van der Waals surface area contributed by atoms with Gasteiger partial charge in [0, 0.05) is 35.7 Å². The fourth-order valence-corrected chi connectivity index (χ4v) is 2.53. The Morgan fingerprint density at radius 2 is 1.53 bits per heavy atom. The van der Waals surface area contributed by atoms with Gasteiger partial charge in [0.25, 0.3) is 5.91 Å². The van der Waals surface area contributed by atoms with Gasteiger partial charge in [-0.3, -0.25) is 4.79 Å². The molecule has 1 aromatic carbocycles. The first-order chi connectivity index (χ1) is 9.16. The standard InChI is InChI=1S/C16H18N2O/c1-12-4-5-13(2)18(12)15-8-6-14(7-9-15)16(19)17-10-3-11-17/h4-9H,3,10-11H2,1-2H3. The molecule has 3 heteroatoms. The summed E-state index contributed by atoms with van der Waals surface area (Å²) >= 11 is 0. The molecule has 2 aromatic rings. The van der Waals surface area contributed by atoms with Crippen molar-refractivity contribution in [3.05, 3.63) is 53.3 Å². The number of hydrogen-bond acceptors (Lipinski definition) is 1. The molecular weight excluding hydrogens is 236 g/mol. The second-order valence-corrected chi connectivity index (χ2v) is 5.14. The lowest BCUT2D eigenvalue weighted by molar-refractivity contribution is 0.0652. The summed E-state index contributed by atoms with van der Waals surface area (Å²) in [5, 5.41) is 0. The number of amides is 1. The summed E-state index contributed by atoms with van der Waals surface area (Å²) in [7, 11) is 0. The lowest BCUT2D eigenvalue weighted by Crippen LogP contribution is -2.41. The fraction of sp³-hybridized carbons (Fsp3) is 0.312. The van der Waals surface area contributed by atoms with E-state index in [0.29, 0.717) is 0 Å². The zero-order valence-corrected chi connectivity index (χ0v) is 11.4. The Morgan fingerprint density at radius 3 is 2.00 bits per heavy atom. The topological polar surface area (TPSA) is 25.2 Å². The average molecular weight is 254 g/mol. The molecule has 1 saturated heterocycles. The van der Waals surface area contributed by atoms with Crippen LogP contribution in [0.25, 0.3) is 5.69 Å². The van der Waals surface area contributed by atoms with Crippen LogP contribution in [-0.4, -0.2) is 28.5 Å². The van der Waals surface area contributed by atoms with E-state index in [-0.39, 0.29) is 5.91 Å². The van der Waals surface area contributed by atoms with Crippen LogP contribution in [-0.2, 0) is 0 Å². The van der Waals surface area contributed by atoms with Crippen molar-refractivity contribution in [3.8, 4) is 5.69 Å². The number of carbonyl (C=O) groups is 1. The molecule has 0 spiro atoms. The van der Waals surface area contributed by atoms with Crippen LogP contribution >= 0.6 is 0 Å². The number of aromatic nitrogens is 1. The molecule has 1 aromatic heterocycles. The average Bonchev–Trinajstić information content (AvgIpc) is 2.67. The van der Waals surface area contributed by atoms with Crippen LogP contribution < -0.4 is 0 Å². The zero-order chi connectivity index (χ0) is 13.4. The van der Waals surface area contributed by atoms with Crippen LogP contribution in [0.2, 0.25) is 0 Å². The number of hydrogen-bond donors (Lipinski definition) is 0. The van der Waals surface area contributed by atoms with Crippen molar-refractivity contribution in [1.29, 1.82) is 0 Å². The number of aryl methyl sites for hydroxylation is 2. The summed E-state index contributed by atoms with van der Waals surface area (Å²) in [6.45, 7) is 5.98. The van der Waals surface area contributed by atoms with Crippen molar-refractivity contribution in [2.45, 2.75) is 20.3 Å². The van der Waals surface area contributed by atoms with E-state index >= 15 is 0 Å². The van der Waals surface area contributed by atoms with E-state index in [1.807, 2.05) is 29.2 Å². The van der Waals surface area contributed by atoms with Crippen molar-refractivity contribution in [2.24, 2.45) is 0 Å². The van der Waals surface area contributed by atoms with E-state index in [4.69, 9.17) is 0 Å². The lowest BCUT2D eigenvalue weighted by atomic mass is 10.1. The van der Waals surface area contributed by atoms with Gasteiger partial charge >= 0.3 is 0 Å². The third-order valence-electron chi connectivity index (χ3n) is 3.79. The van der Waals surface area contributed by atoms with Crippen molar-refractivity contribution < 1.29 is 4.79 Å². The van der Waals surface area contributed by atoms with Crippen LogP contribution in [0.1, 0.15) is 28.2 Å². The lowest BCUT2D eigenvalue weighted by Gasteiger charge is -2.30. The molecule has 3 rings (SSSR count). The van der Waals surface area contributed by atoms with Crippen molar-refractivity contribution in [1.82, 2.24) is 9.47 Å². The molecule has 1 fully saturated rings. The number of nitrogens with zero attached hydrogens (tertiary/aromatic N) is 2. The molecule has 2 heterocycles. The quantitative estimate of drug-likeness (QED) is 0.809. The van der Waals surface area contributed by atoms with Crippen molar-refractivity contribution in [3.63, 3.8) is 0 Å². The second-order valence-electron chi connectivity index (χ2n) is 5.14. The minimum atomic E-state index is 0.152. The molecule has 1 aliphatic heterocycles. The monoisotopic (exact) mass is 254 g/mol. The first-order valence-corrected chi connectivity index (χ1v) is 6.71. The Hall–Kier alpha value is -2.03. The summed E-state index contributed by atoms with van der Waals surface area (Å²) < 4.78 is 2.19. The van der Waals surface area contributed by atoms with Gasteiger partial charge in [0.05, 0.1) is 0 Å². The maximum absolute atomic E-state index is 12.1. The van der Waals surface area contributed by atoms with Crippen LogP contribution in [0, 0.1) is 13.8 Å². The number of likely N-dealkylation sites (tertiary alicyclic amines) is 1. The normalized spacial score (nSPS) is 14.3. The molecule has 0 bridgehead atoms. The smallest absolute Gasteiger partial charge is 0.253 e. The van der Waals surface area contributed by atoms with Gasteiger partial charge in [-0.05, 0) is 56.7 Å². The molecule has 3 nitrogen and oxygen atoms in total. The van der Waals surface area contributed by atoms with E-state index in [0.717, 1.165) is 30.8 Å². The van der Waals surface area contributed by atoms with Gasteiger partial charge in [-0.25, -0.2) is 0 Å². The van der Waals surface area contributed by atoms with Gasteiger partial charge in [0.15, 0.2) is 0 Å². The van der Waals surface area contributed by atoms with E-state index in [1.54, 1.807) is 0 Å². The van der Waals surface area contributed by atoms with Gasteiger partial charge in [0.2, 0.25) is 0 Å². The number of rotatable bonds is 2. The van der Waals surface area contributed by atoms with Crippen LogP contribution in [0.3, 0.4) is 0 Å². The molecule has 1 aliphatic rings. The third kappa shape index (κ3) is 2.05. The van der Waals surface area contributed by atoms with Crippen LogP contribution in [0.15, 0.2) is 36.4 Å². The third-order valence-corrected chi connectivity index (χ3v) is 3.79. The van der Waals surface area contributed by atoms with Gasteiger partial charge in [0.1, 0.15) is 0 Å². The Bertz CT molecular complexity index is 587. The number of benzene rings is 1. The van der Waals surface area contributed by atoms with Crippen molar-refractivity contribution in [2.75, 3.05) is 13.1 Å². The molecule has 1 amide bonds. The molecule has 0 unspecified atom stereocenters.